The number of hydrogen-bond acceptors (Lipinski definition) is 4. The Hall–Kier alpha value is -1.15. The van der Waals surface area contributed by atoms with Gasteiger partial charge in [-0.15, -0.1) is 12.4 Å². The van der Waals surface area contributed by atoms with Crippen LogP contribution in [0.1, 0.15) is 46.1 Å². The van der Waals surface area contributed by atoms with E-state index < -0.39 is 15.4 Å². The molecule has 0 saturated heterocycles. The van der Waals surface area contributed by atoms with Crippen LogP contribution < -0.4 is 11.1 Å². The Labute approximate surface area is 164 Å². The normalized spacial score (nSPS) is 12.2. The van der Waals surface area contributed by atoms with Crippen molar-refractivity contribution in [3.05, 3.63) is 29.8 Å². The van der Waals surface area contributed by atoms with Gasteiger partial charge in [-0.3, -0.25) is 4.79 Å². The Kier molecular flexibility index (Phi) is 9.80. The Morgan fingerprint density at radius 3 is 2.08 bits per heavy atom. The summed E-state index contributed by atoms with van der Waals surface area (Å²) in [6.07, 6.45) is 1.37. The van der Waals surface area contributed by atoms with Crippen LogP contribution in [0, 0.1) is 5.41 Å². The highest BCUT2D eigenvalue weighted by Crippen LogP contribution is 2.25. The van der Waals surface area contributed by atoms with Gasteiger partial charge in [0.1, 0.15) is 0 Å². The van der Waals surface area contributed by atoms with Gasteiger partial charge in [-0.25, -0.2) is 8.42 Å². The van der Waals surface area contributed by atoms with Crippen molar-refractivity contribution >= 4 is 28.3 Å². The molecule has 0 bridgehead atoms. The smallest absolute Gasteiger partial charge is 0.243 e. The van der Waals surface area contributed by atoms with Crippen LogP contribution in [0.25, 0.3) is 0 Å². The molecular formula is C18H32ClN3O3S. The Morgan fingerprint density at radius 2 is 1.69 bits per heavy atom. The number of amides is 1. The van der Waals surface area contributed by atoms with E-state index in [1.807, 2.05) is 27.7 Å². The largest absolute Gasteiger partial charge is 0.352 e. The number of nitrogens with two attached hydrogens (primary N) is 1. The number of benzene rings is 1. The third-order valence-corrected chi connectivity index (χ3v) is 7.05. The lowest BCUT2D eigenvalue weighted by Gasteiger charge is -2.28. The first-order valence-electron chi connectivity index (χ1n) is 8.70. The molecule has 0 aromatic heterocycles. The van der Waals surface area contributed by atoms with Crippen LogP contribution in [-0.4, -0.2) is 38.3 Å². The van der Waals surface area contributed by atoms with Gasteiger partial charge in [0, 0.05) is 26.2 Å². The summed E-state index contributed by atoms with van der Waals surface area (Å²) in [7, 11) is -1.93. The van der Waals surface area contributed by atoms with E-state index in [1.54, 1.807) is 31.3 Å². The summed E-state index contributed by atoms with van der Waals surface area (Å²) in [6.45, 7) is 8.23. The first-order chi connectivity index (χ1) is 11.6. The van der Waals surface area contributed by atoms with Crippen molar-refractivity contribution in [3.8, 4) is 0 Å². The van der Waals surface area contributed by atoms with Crippen molar-refractivity contribution in [1.82, 2.24) is 9.62 Å². The minimum atomic E-state index is -3.49. The molecule has 0 spiro atoms. The number of rotatable bonds is 9. The summed E-state index contributed by atoms with van der Waals surface area (Å²) >= 11 is 0. The molecule has 0 heterocycles. The molecule has 0 aliphatic rings. The molecule has 150 valence electrons. The second-order valence-corrected chi connectivity index (χ2v) is 8.63. The standard InChI is InChI=1S/C18H31N3O3S.ClH/c1-6-18(7-2,13-19)17(22)20-12-15-8-10-16(11-9-15)25(23,24)21(5)14(3)4;/h8-11,14H,6-7,12-13,19H2,1-5H3,(H,20,22);1H. The van der Waals surface area contributed by atoms with E-state index in [1.165, 1.54) is 4.31 Å². The molecule has 1 rings (SSSR count). The maximum Gasteiger partial charge on any atom is 0.243 e. The molecule has 0 atom stereocenters. The lowest BCUT2D eigenvalue weighted by molar-refractivity contribution is -0.131. The van der Waals surface area contributed by atoms with Crippen LogP contribution in [-0.2, 0) is 21.4 Å². The fraction of sp³-hybridized carbons (Fsp3) is 0.611. The van der Waals surface area contributed by atoms with Gasteiger partial charge >= 0.3 is 0 Å². The Balaban J connectivity index is 0.00000625. The van der Waals surface area contributed by atoms with Gasteiger partial charge in [0.15, 0.2) is 0 Å². The van der Waals surface area contributed by atoms with Crippen LogP contribution in [0.15, 0.2) is 29.2 Å². The van der Waals surface area contributed by atoms with Gasteiger partial charge in [0.2, 0.25) is 15.9 Å². The number of nitrogens with one attached hydrogen (secondary N) is 1. The number of carbonyl (C=O) groups is 1. The van der Waals surface area contributed by atoms with E-state index in [9.17, 15) is 13.2 Å². The molecule has 8 heteroatoms. The molecule has 1 aromatic carbocycles. The van der Waals surface area contributed by atoms with Crippen molar-refractivity contribution in [2.75, 3.05) is 13.6 Å². The van der Waals surface area contributed by atoms with Crippen molar-refractivity contribution in [1.29, 1.82) is 0 Å². The third-order valence-electron chi connectivity index (χ3n) is 5.01. The number of halogens is 1. The van der Waals surface area contributed by atoms with Gasteiger partial charge in [-0.05, 0) is 44.4 Å². The average Bonchev–Trinajstić information content (AvgIpc) is 2.61. The minimum absolute atomic E-state index is 0. The van der Waals surface area contributed by atoms with Crippen LogP contribution in [0.2, 0.25) is 0 Å². The Bertz CT molecular complexity index is 663. The van der Waals surface area contributed by atoms with Gasteiger partial charge in [0.05, 0.1) is 10.3 Å². The zero-order chi connectivity index (χ0) is 19.3. The molecule has 1 amide bonds. The summed E-state index contributed by atoms with van der Waals surface area (Å²) in [5.41, 5.74) is 6.09. The molecule has 0 aliphatic heterocycles. The first-order valence-corrected chi connectivity index (χ1v) is 10.1. The fourth-order valence-electron chi connectivity index (χ4n) is 2.55. The van der Waals surface area contributed by atoms with Gasteiger partial charge < -0.3 is 11.1 Å². The summed E-state index contributed by atoms with van der Waals surface area (Å²) in [6, 6.07) is 6.49. The van der Waals surface area contributed by atoms with Gasteiger partial charge in [-0.1, -0.05) is 26.0 Å². The summed E-state index contributed by atoms with van der Waals surface area (Å²) < 4.78 is 26.2. The van der Waals surface area contributed by atoms with Crippen molar-refractivity contribution < 1.29 is 13.2 Å². The lowest BCUT2D eigenvalue weighted by Crippen LogP contribution is -2.45. The second-order valence-electron chi connectivity index (χ2n) is 6.63. The number of carbonyl (C=O) groups excluding carboxylic acids is 1. The maximum absolute atomic E-state index is 12.4. The molecule has 0 saturated carbocycles. The van der Waals surface area contributed by atoms with E-state index in [0.717, 1.165) is 5.56 Å². The first kappa shape index (κ1) is 24.8. The zero-order valence-electron chi connectivity index (χ0n) is 16.3. The Morgan fingerprint density at radius 1 is 1.19 bits per heavy atom. The van der Waals surface area contributed by atoms with Crippen molar-refractivity contribution in [2.24, 2.45) is 11.1 Å². The van der Waals surface area contributed by atoms with Crippen LogP contribution in [0.3, 0.4) is 0 Å². The number of nitrogens with zero attached hydrogens (tertiary/aromatic N) is 1. The third kappa shape index (κ3) is 5.42. The lowest BCUT2D eigenvalue weighted by atomic mass is 9.81. The zero-order valence-corrected chi connectivity index (χ0v) is 17.9. The van der Waals surface area contributed by atoms with Gasteiger partial charge in [0.25, 0.3) is 0 Å². The molecule has 1 aromatic rings. The molecule has 0 unspecified atom stereocenters. The molecular weight excluding hydrogens is 374 g/mol. The quantitative estimate of drug-likeness (QED) is 0.660. The molecule has 3 N–H and O–H groups in total. The molecule has 0 fully saturated rings. The van der Waals surface area contributed by atoms with Crippen LogP contribution in [0.5, 0.6) is 0 Å². The van der Waals surface area contributed by atoms with Crippen LogP contribution >= 0.6 is 12.4 Å². The van der Waals surface area contributed by atoms with Crippen molar-refractivity contribution in [2.45, 2.75) is 58.0 Å². The molecule has 0 aliphatic carbocycles. The van der Waals surface area contributed by atoms with E-state index in [0.29, 0.717) is 25.9 Å². The summed E-state index contributed by atoms with van der Waals surface area (Å²) in [5.74, 6) is -0.0590. The highest BCUT2D eigenvalue weighted by Gasteiger charge is 2.33. The summed E-state index contributed by atoms with van der Waals surface area (Å²) in [4.78, 5) is 12.7. The number of sulfonamides is 1. The molecule has 0 radical (unpaired) electrons. The number of hydrogen-bond donors (Lipinski definition) is 2. The van der Waals surface area contributed by atoms with E-state index in [4.69, 9.17) is 5.73 Å². The highest BCUT2D eigenvalue weighted by molar-refractivity contribution is 7.89. The van der Waals surface area contributed by atoms with E-state index >= 15 is 0 Å². The monoisotopic (exact) mass is 405 g/mol. The van der Waals surface area contributed by atoms with E-state index in [-0.39, 0.29) is 29.3 Å². The topological polar surface area (TPSA) is 92.5 Å². The SMILES string of the molecule is CCC(CC)(CN)C(=O)NCc1ccc(S(=O)(=O)N(C)C(C)C)cc1.Cl. The average molecular weight is 406 g/mol. The molecule has 26 heavy (non-hydrogen) atoms. The summed E-state index contributed by atoms with van der Waals surface area (Å²) in [5, 5.41) is 2.91. The van der Waals surface area contributed by atoms with E-state index in [2.05, 4.69) is 5.32 Å². The highest BCUT2D eigenvalue weighted by atomic mass is 35.5. The van der Waals surface area contributed by atoms with Gasteiger partial charge in [-0.2, -0.15) is 4.31 Å². The minimum Gasteiger partial charge on any atom is -0.352 e. The van der Waals surface area contributed by atoms with Crippen molar-refractivity contribution in [3.63, 3.8) is 0 Å². The molecule has 6 nitrogen and oxygen atoms in total. The predicted molar refractivity (Wildman–Crippen MR) is 108 cm³/mol. The second kappa shape index (κ2) is 10.3. The van der Waals surface area contributed by atoms with Crippen LogP contribution in [0.4, 0.5) is 0 Å². The fourth-order valence-corrected chi connectivity index (χ4v) is 3.91. The maximum atomic E-state index is 12.4. The predicted octanol–water partition coefficient (Wildman–Crippen LogP) is 2.52.